The zero-order valence-corrected chi connectivity index (χ0v) is 10.9. The molecule has 0 spiro atoms. The van der Waals surface area contributed by atoms with E-state index in [2.05, 4.69) is 4.98 Å². The fourth-order valence-corrected chi connectivity index (χ4v) is 2.45. The van der Waals surface area contributed by atoms with Gasteiger partial charge in [0.1, 0.15) is 22.5 Å². The lowest BCUT2D eigenvalue weighted by Crippen LogP contribution is -2.11. The molecule has 0 radical (unpaired) electrons. The van der Waals surface area contributed by atoms with Gasteiger partial charge in [0, 0.05) is 11.3 Å². The average Bonchev–Trinajstić information content (AvgIpc) is 2.33. The minimum atomic E-state index is -0.515. The van der Waals surface area contributed by atoms with Crippen LogP contribution >= 0.6 is 11.8 Å². The number of hydrogen-bond donors (Lipinski definition) is 2. The Bertz CT molecular complexity index is 644. The Morgan fingerprint density at radius 1 is 1.26 bits per heavy atom. The first-order chi connectivity index (χ1) is 8.95. The van der Waals surface area contributed by atoms with Crippen LogP contribution in [0, 0.1) is 24.0 Å². The second kappa shape index (κ2) is 5.36. The Morgan fingerprint density at radius 3 is 2.68 bits per heavy atom. The lowest BCUT2D eigenvalue weighted by atomic mass is 10.2. The van der Waals surface area contributed by atoms with Gasteiger partial charge in [0.25, 0.3) is 0 Å². The largest absolute Gasteiger partial charge is 0.384 e. The molecule has 98 valence electrons. The van der Waals surface area contributed by atoms with Crippen molar-refractivity contribution < 1.29 is 8.78 Å². The second-order valence-electron chi connectivity index (χ2n) is 3.93. The van der Waals surface area contributed by atoms with Crippen LogP contribution in [0.1, 0.15) is 11.3 Å². The highest BCUT2D eigenvalue weighted by Crippen LogP contribution is 2.29. The predicted molar refractivity (Wildman–Crippen MR) is 70.5 cm³/mol. The van der Waals surface area contributed by atoms with Crippen LogP contribution in [-0.4, -0.2) is 10.8 Å². The molecule has 0 saturated carbocycles. The van der Waals surface area contributed by atoms with E-state index in [9.17, 15) is 8.78 Å². The molecule has 19 heavy (non-hydrogen) atoms. The van der Waals surface area contributed by atoms with Crippen LogP contribution in [0.3, 0.4) is 0 Å². The normalized spacial score (nSPS) is 10.5. The van der Waals surface area contributed by atoms with Gasteiger partial charge in [-0.3, -0.25) is 5.41 Å². The molecule has 1 aromatic heterocycles. The summed E-state index contributed by atoms with van der Waals surface area (Å²) in [6.45, 7) is 1.75. The van der Waals surface area contributed by atoms with Gasteiger partial charge in [-0.2, -0.15) is 0 Å². The summed E-state index contributed by atoms with van der Waals surface area (Å²) in [7, 11) is 0. The first-order valence-corrected chi connectivity index (χ1v) is 6.23. The fourth-order valence-electron chi connectivity index (χ4n) is 1.51. The number of aromatic nitrogens is 1. The van der Waals surface area contributed by atoms with Crippen molar-refractivity contribution in [3.05, 3.63) is 53.2 Å². The van der Waals surface area contributed by atoms with E-state index < -0.39 is 11.6 Å². The maximum Gasteiger partial charge on any atom is 0.137 e. The van der Waals surface area contributed by atoms with E-state index in [1.807, 2.05) is 0 Å². The summed E-state index contributed by atoms with van der Waals surface area (Å²) in [5.41, 5.74) is 6.58. The Labute approximate surface area is 113 Å². The molecule has 0 bridgehead atoms. The summed E-state index contributed by atoms with van der Waals surface area (Å²) in [4.78, 5) is 4.35. The molecule has 0 aliphatic carbocycles. The Balaban J connectivity index is 2.38. The van der Waals surface area contributed by atoms with Crippen LogP contribution in [0.2, 0.25) is 0 Å². The molecule has 0 fully saturated rings. The summed E-state index contributed by atoms with van der Waals surface area (Å²) in [6, 6.07) is 6.47. The zero-order valence-electron chi connectivity index (χ0n) is 10.1. The number of nitrogens with two attached hydrogens (primary N) is 1. The number of nitrogens with one attached hydrogen (secondary N) is 1. The molecule has 2 aromatic rings. The van der Waals surface area contributed by atoms with Crippen LogP contribution < -0.4 is 5.73 Å². The van der Waals surface area contributed by atoms with Gasteiger partial charge < -0.3 is 5.73 Å². The van der Waals surface area contributed by atoms with Crippen molar-refractivity contribution in [1.82, 2.24) is 4.98 Å². The number of benzene rings is 1. The van der Waals surface area contributed by atoms with Gasteiger partial charge in [-0.1, -0.05) is 11.8 Å². The molecule has 3 nitrogen and oxygen atoms in total. The number of aryl methyl sites for hydroxylation is 1. The van der Waals surface area contributed by atoms with E-state index >= 15 is 0 Å². The topological polar surface area (TPSA) is 62.8 Å². The molecular formula is C13H11F2N3S. The van der Waals surface area contributed by atoms with Gasteiger partial charge in [-0.05, 0) is 37.3 Å². The van der Waals surface area contributed by atoms with Gasteiger partial charge >= 0.3 is 0 Å². The zero-order chi connectivity index (χ0) is 14.0. The van der Waals surface area contributed by atoms with Gasteiger partial charge in [0.05, 0.1) is 4.90 Å². The Morgan fingerprint density at radius 2 is 2.00 bits per heavy atom. The highest BCUT2D eigenvalue weighted by molar-refractivity contribution is 7.99. The minimum Gasteiger partial charge on any atom is -0.384 e. The molecular weight excluding hydrogens is 268 g/mol. The molecule has 0 amide bonds. The third-order valence-electron chi connectivity index (χ3n) is 2.35. The van der Waals surface area contributed by atoms with Crippen molar-refractivity contribution in [2.24, 2.45) is 5.73 Å². The van der Waals surface area contributed by atoms with Crippen molar-refractivity contribution in [1.29, 1.82) is 5.41 Å². The van der Waals surface area contributed by atoms with E-state index in [-0.39, 0.29) is 10.7 Å². The SMILES string of the molecule is Cc1cc(C(=N)N)cc(Sc2cc(F)ccc2F)n1. The second-order valence-corrected chi connectivity index (χ2v) is 4.99. The van der Waals surface area contributed by atoms with Crippen molar-refractivity contribution in [3.8, 4) is 0 Å². The number of amidine groups is 1. The Hall–Kier alpha value is -1.95. The molecule has 2 rings (SSSR count). The van der Waals surface area contributed by atoms with Crippen molar-refractivity contribution in [3.63, 3.8) is 0 Å². The summed E-state index contributed by atoms with van der Waals surface area (Å²) in [6.07, 6.45) is 0. The summed E-state index contributed by atoms with van der Waals surface area (Å²) < 4.78 is 26.6. The molecule has 0 saturated heterocycles. The molecule has 0 aliphatic heterocycles. The van der Waals surface area contributed by atoms with Gasteiger partial charge in [-0.15, -0.1) is 0 Å². The molecule has 6 heteroatoms. The quantitative estimate of drug-likeness (QED) is 0.670. The van der Waals surface area contributed by atoms with Gasteiger partial charge in [-0.25, -0.2) is 13.8 Å². The molecule has 1 heterocycles. The number of halogens is 2. The number of nitrogen functional groups attached to an aromatic ring is 1. The minimum absolute atomic E-state index is 0.0907. The maximum atomic E-state index is 13.5. The van der Waals surface area contributed by atoms with Crippen molar-refractivity contribution in [2.45, 2.75) is 16.8 Å². The summed E-state index contributed by atoms with van der Waals surface area (Å²) in [5, 5.41) is 7.86. The van der Waals surface area contributed by atoms with Crippen LogP contribution in [0.25, 0.3) is 0 Å². The van der Waals surface area contributed by atoms with E-state index in [0.29, 0.717) is 16.3 Å². The highest BCUT2D eigenvalue weighted by atomic mass is 32.2. The van der Waals surface area contributed by atoms with E-state index in [1.165, 1.54) is 0 Å². The molecule has 0 unspecified atom stereocenters. The van der Waals surface area contributed by atoms with Gasteiger partial charge in [0.2, 0.25) is 0 Å². The molecule has 0 atom stereocenters. The first-order valence-electron chi connectivity index (χ1n) is 5.41. The van der Waals surface area contributed by atoms with Crippen molar-refractivity contribution >= 4 is 17.6 Å². The van der Waals surface area contributed by atoms with Crippen molar-refractivity contribution in [2.75, 3.05) is 0 Å². The fraction of sp³-hybridized carbons (Fsp3) is 0.0769. The monoisotopic (exact) mass is 279 g/mol. The summed E-state index contributed by atoms with van der Waals surface area (Å²) in [5.74, 6) is -1.12. The maximum absolute atomic E-state index is 13.5. The smallest absolute Gasteiger partial charge is 0.137 e. The predicted octanol–water partition coefficient (Wildman–Crippen LogP) is 3.10. The number of hydrogen-bond acceptors (Lipinski definition) is 3. The molecule has 0 aliphatic rings. The molecule has 3 N–H and O–H groups in total. The standard InChI is InChI=1S/C13H11F2N3S/c1-7-4-8(13(16)17)5-12(18-7)19-11-6-9(14)2-3-10(11)15/h2-6H,1H3,(H3,16,17). The lowest BCUT2D eigenvalue weighted by molar-refractivity contribution is 0.577. The first kappa shape index (κ1) is 13.5. The number of pyridine rings is 1. The van der Waals surface area contributed by atoms with E-state index in [4.69, 9.17) is 11.1 Å². The lowest BCUT2D eigenvalue weighted by Gasteiger charge is -2.06. The van der Waals surface area contributed by atoms with Crippen LogP contribution in [0.15, 0.2) is 40.3 Å². The third kappa shape index (κ3) is 3.29. The van der Waals surface area contributed by atoms with Crippen LogP contribution in [0.4, 0.5) is 8.78 Å². The van der Waals surface area contributed by atoms with Gasteiger partial charge in [0.15, 0.2) is 0 Å². The Kier molecular flexibility index (Phi) is 3.80. The van der Waals surface area contributed by atoms with E-state index in [0.717, 1.165) is 30.0 Å². The molecule has 1 aromatic carbocycles. The van der Waals surface area contributed by atoms with Crippen LogP contribution in [-0.2, 0) is 0 Å². The highest BCUT2D eigenvalue weighted by Gasteiger charge is 2.09. The van der Waals surface area contributed by atoms with Crippen LogP contribution in [0.5, 0.6) is 0 Å². The van der Waals surface area contributed by atoms with E-state index in [1.54, 1.807) is 19.1 Å². The summed E-state index contributed by atoms with van der Waals surface area (Å²) >= 11 is 0.996. The number of nitrogens with zero attached hydrogens (tertiary/aromatic N) is 1. The number of rotatable bonds is 3. The average molecular weight is 279 g/mol. The third-order valence-corrected chi connectivity index (χ3v) is 3.30.